The van der Waals surface area contributed by atoms with E-state index in [1.165, 1.54) is 12.3 Å². The molecule has 18 heavy (non-hydrogen) atoms. The molecule has 1 N–H and O–H groups in total. The fraction of sp³-hybridized carbons (Fsp3) is 0.214. The van der Waals surface area contributed by atoms with Crippen LogP contribution in [0.15, 0.2) is 36.5 Å². The first-order chi connectivity index (χ1) is 8.69. The van der Waals surface area contributed by atoms with Crippen molar-refractivity contribution in [3.63, 3.8) is 0 Å². The van der Waals surface area contributed by atoms with Crippen LogP contribution in [-0.2, 0) is 6.54 Å². The average Bonchev–Trinajstić information content (AvgIpc) is 2.39. The summed E-state index contributed by atoms with van der Waals surface area (Å²) in [5, 5.41) is 3.15. The molecule has 94 valence electrons. The number of pyridine rings is 1. The van der Waals surface area contributed by atoms with Gasteiger partial charge in [-0.25, -0.2) is 9.37 Å². The van der Waals surface area contributed by atoms with Gasteiger partial charge < -0.3 is 10.1 Å². The van der Waals surface area contributed by atoms with E-state index in [0.717, 1.165) is 16.9 Å². The minimum absolute atomic E-state index is 0.332. The number of ether oxygens (including phenoxy) is 1. The number of aryl methyl sites for hydroxylation is 1. The Labute approximate surface area is 106 Å². The molecule has 2 rings (SSSR count). The first-order valence-electron chi connectivity index (χ1n) is 5.68. The summed E-state index contributed by atoms with van der Waals surface area (Å²) in [5.41, 5.74) is 2.30. The molecule has 0 spiro atoms. The highest BCUT2D eigenvalue weighted by atomic mass is 19.1. The van der Waals surface area contributed by atoms with Crippen LogP contribution in [0.2, 0.25) is 0 Å². The monoisotopic (exact) mass is 246 g/mol. The zero-order chi connectivity index (χ0) is 13.0. The second-order valence-corrected chi connectivity index (χ2v) is 4.01. The molecule has 0 unspecified atom stereocenters. The van der Waals surface area contributed by atoms with Gasteiger partial charge in [0.1, 0.15) is 17.4 Å². The smallest absolute Gasteiger partial charge is 0.141 e. The first kappa shape index (κ1) is 12.4. The topological polar surface area (TPSA) is 34.1 Å². The molecule has 1 aromatic heterocycles. The van der Waals surface area contributed by atoms with Crippen LogP contribution in [0.3, 0.4) is 0 Å². The molecular formula is C14H15FN2O. The fourth-order valence-electron chi connectivity index (χ4n) is 1.66. The van der Waals surface area contributed by atoms with Gasteiger partial charge in [-0.3, -0.25) is 0 Å². The van der Waals surface area contributed by atoms with E-state index in [4.69, 9.17) is 4.74 Å². The lowest BCUT2D eigenvalue weighted by Gasteiger charge is -2.09. The summed E-state index contributed by atoms with van der Waals surface area (Å²) in [4.78, 5) is 3.95. The Balaban J connectivity index is 2.04. The first-order valence-corrected chi connectivity index (χ1v) is 5.68. The van der Waals surface area contributed by atoms with E-state index in [0.29, 0.717) is 12.4 Å². The van der Waals surface area contributed by atoms with Gasteiger partial charge in [-0.05, 0) is 42.3 Å². The van der Waals surface area contributed by atoms with E-state index in [2.05, 4.69) is 10.3 Å². The van der Waals surface area contributed by atoms with Crippen molar-refractivity contribution in [1.82, 2.24) is 4.98 Å². The molecule has 0 amide bonds. The normalized spacial score (nSPS) is 10.2. The molecule has 1 heterocycles. The number of hydrogen-bond acceptors (Lipinski definition) is 3. The summed E-state index contributed by atoms with van der Waals surface area (Å²) in [6, 6.07) is 8.91. The van der Waals surface area contributed by atoms with Crippen molar-refractivity contribution in [2.45, 2.75) is 13.5 Å². The SMILES string of the molecule is COc1ccc(CNc2ccc(F)cn2)c(C)c1. The summed E-state index contributed by atoms with van der Waals surface area (Å²) in [6.07, 6.45) is 1.20. The Kier molecular flexibility index (Phi) is 3.77. The largest absolute Gasteiger partial charge is 0.497 e. The Morgan fingerprint density at radius 2 is 2.11 bits per heavy atom. The summed E-state index contributed by atoms with van der Waals surface area (Å²) in [7, 11) is 1.65. The molecule has 1 aromatic carbocycles. The molecule has 0 aliphatic rings. The van der Waals surface area contributed by atoms with Crippen LogP contribution in [0.1, 0.15) is 11.1 Å². The Morgan fingerprint density at radius 3 is 2.72 bits per heavy atom. The van der Waals surface area contributed by atoms with Gasteiger partial charge >= 0.3 is 0 Å². The van der Waals surface area contributed by atoms with E-state index in [1.54, 1.807) is 13.2 Å². The molecule has 0 aliphatic heterocycles. The average molecular weight is 246 g/mol. The van der Waals surface area contributed by atoms with Gasteiger partial charge in [0.05, 0.1) is 13.3 Å². The Morgan fingerprint density at radius 1 is 1.28 bits per heavy atom. The van der Waals surface area contributed by atoms with Crippen LogP contribution >= 0.6 is 0 Å². The van der Waals surface area contributed by atoms with E-state index in [9.17, 15) is 4.39 Å². The number of nitrogens with one attached hydrogen (secondary N) is 1. The van der Waals surface area contributed by atoms with Crippen molar-refractivity contribution in [2.24, 2.45) is 0 Å². The highest BCUT2D eigenvalue weighted by Gasteiger charge is 2.01. The van der Waals surface area contributed by atoms with E-state index >= 15 is 0 Å². The lowest BCUT2D eigenvalue weighted by molar-refractivity contribution is 0.414. The van der Waals surface area contributed by atoms with Crippen LogP contribution < -0.4 is 10.1 Å². The molecular weight excluding hydrogens is 231 g/mol. The quantitative estimate of drug-likeness (QED) is 0.899. The van der Waals surface area contributed by atoms with Gasteiger partial charge in [0.15, 0.2) is 0 Å². The van der Waals surface area contributed by atoms with Gasteiger partial charge in [0, 0.05) is 6.54 Å². The maximum atomic E-state index is 12.7. The Hall–Kier alpha value is -2.10. The highest BCUT2D eigenvalue weighted by molar-refractivity contribution is 5.39. The van der Waals surface area contributed by atoms with Crippen LogP contribution in [0.25, 0.3) is 0 Å². The number of anilines is 1. The van der Waals surface area contributed by atoms with Crippen LogP contribution in [-0.4, -0.2) is 12.1 Å². The number of nitrogens with zero attached hydrogens (tertiary/aromatic N) is 1. The standard InChI is InChI=1S/C14H15FN2O/c1-10-7-13(18-2)5-3-11(10)8-16-14-6-4-12(15)9-17-14/h3-7,9H,8H2,1-2H3,(H,16,17). The Bertz CT molecular complexity index is 526. The molecule has 3 nitrogen and oxygen atoms in total. The number of hydrogen-bond donors (Lipinski definition) is 1. The maximum Gasteiger partial charge on any atom is 0.141 e. The van der Waals surface area contributed by atoms with Crippen molar-refractivity contribution < 1.29 is 9.13 Å². The summed E-state index contributed by atoms with van der Waals surface area (Å²) in [5.74, 6) is 1.17. The second-order valence-electron chi connectivity index (χ2n) is 4.01. The van der Waals surface area contributed by atoms with E-state index in [1.807, 2.05) is 25.1 Å². The predicted octanol–water partition coefficient (Wildman–Crippen LogP) is 3.15. The molecule has 0 saturated carbocycles. The maximum absolute atomic E-state index is 12.7. The lowest BCUT2D eigenvalue weighted by Crippen LogP contribution is -2.03. The van der Waals surface area contributed by atoms with Gasteiger partial charge in [0.2, 0.25) is 0 Å². The zero-order valence-corrected chi connectivity index (χ0v) is 10.4. The van der Waals surface area contributed by atoms with Gasteiger partial charge in [-0.1, -0.05) is 6.07 Å². The third-order valence-electron chi connectivity index (χ3n) is 2.74. The lowest BCUT2D eigenvalue weighted by atomic mass is 10.1. The molecule has 0 aliphatic carbocycles. The third kappa shape index (κ3) is 2.97. The van der Waals surface area contributed by atoms with E-state index in [-0.39, 0.29) is 5.82 Å². The molecule has 4 heteroatoms. The third-order valence-corrected chi connectivity index (χ3v) is 2.74. The number of aromatic nitrogens is 1. The molecule has 2 aromatic rings. The van der Waals surface area contributed by atoms with Crippen molar-refractivity contribution >= 4 is 5.82 Å². The van der Waals surface area contributed by atoms with Crippen molar-refractivity contribution in [1.29, 1.82) is 0 Å². The molecule has 0 atom stereocenters. The van der Waals surface area contributed by atoms with Gasteiger partial charge in [-0.15, -0.1) is 0 Å². The number of halogens is 1. The van der Waals surface area contributed by atoms with Gasteiger partial charge in [0.25, 0.3) is 0 Å². The minimum Gasteiger partial charge on any atom is -0.497 e. The van der Waals surface area contributed by atoms with Crippen molar-refractivity contribution in [3.8, 4) is 5.75 Å². The predicted molar refractivity (Wildman–Crippen MR) is 69.3 cm³/mol. The number of benzene rings is 1. The van der Waals surface area contributed by atoms with Crippen LogP contribution in [0.5, 0.6) is 5.75 Å². The molecule has 0 fully saturated rings. The van der Waals surface area contributed by atoms with Crippen molar-refractivity contribution in [2.75, 3.05) is 12.4 Å². The number of rotatable bonds is 4. The van der Waals surface area contributed by atoms with Crippen molar-refractivity contribution in [3.05, 3.63) is 53.5 Å². The number of methoxy groups -OCH3 is 1. The minimum atomic E-state index is -0.332. The molecule has 0 bridgehead atoms. The van der Waals surface area contributed by atoms with Crippen LogP contribution in [0, 0.1) is 12.7 Å². The molecule has 0 saturated heterocycles. The zero-order valence-electron chi connectivity index (χ0n) is 10.4. The second kappa shape index (κ2) is 5.49. The van der Waals surface area contributed by atoms with E-state index < -0.39 is 0 Å². The summed E-state index contributed by atoms with van der Waals surface area (Å²) >= 11 is 0. The van der Waals surface area contributed by atoms with Gasteiger partial charge in [-0.2, -0.15) is 0 Å². The summed E-state index contributed by atoms with van der Waals surface area (Å²) < 4.78 is 17.8. The molecule has 0 radical (unpaired) electrons. The highest BCUT2D eigenvalue weighted by Crippen LogP contribution is 2.17. The summed E-state index contributed by atoms with van der Waals surface area (Å²) in [6.45, 7) is 2.67. The van der Waals surface area contributed by atoms with Crippen LogP contribution in [0.4, 0.5) is 10.2 Å². The fourth-order valence-corrected chi connectivity index (χ4v) is 1.66.